The maximum Gasteiger partial charge on any atom is 0.311 e. The van der Waals surface area contributed by atoms with Crippen molar-refractivity contribution in [3.63, 3.8) is 0 Å². The number of rotatable bonds is 8. The fourth-order valence-electron chi connectivity index (χ4n) is 4.43. The normalized spacial score (nSPS) is 22.3. The van der Waals surface area contributed by atoms with Gasteiger partial charge in [-0.1, -0.05) is 25.1 Å². The zero-order chi connectivity index (χ0) is 19.9. The van der Waals surface area contributed by atoms with Gasteiger partial charge in [0, 0.05) is 12.1 Å². The monoisotopic (exact) mass is 375 g/mol. The fraction of sp³-hybridized carbons (Fsp3) is 0.636. The van der Waals surface area contributed by atoms with Gasteiger partial charge in [0.1, 0.15) is 0 Å². The van der Waals surface area contributed by atoms with Crippen LogP contribution in [-0.2, 0) is 14.3 Å². The predicted octanol–water partition coefficient (Wildman–Crippen LogP) is 3.97. The van der Waals surface area contributed by atoms with Crippen LogP contribution in [0.2, 0.25) is 0 Å². The molecule has 1 aliphatic rings. The number of amides is 1. The molecule has 0 spiro atoms. The molecule has 0 aliphatic carbocycles. The number of esters is 1. The summed E-state index contributed by atoms with van der Waals surface area (Å²) in [6.07, 6.45) is 4.42. The zero-order valence-corrected chi connectivity index (χ0v) is 17.3. The number of nitrogens with zero attached hydrogens (tertiary/aromatic N) is 1. The Kier molecular flexibility index (Phi) is 7.84. The lowest BCUT2D eigenvalue weighted by Gasteiger charge is -2.46. The molecule has 1 fully saturated rings. The molecule has 1 amide bonds. The van der Waals surface area contributed by atoms with Crippen LogP contribution in [0.3, 0.4) is 0 Å². The SMILES string of the molecule is CCC[N+]1(CCC(=O)OCC)CCCCC1C(=O)Nc1c(C)cccc1C. The number of hydrogen-bond acceptors (Lipinski definition) is 3. The van der Waals surface area contributed by atoms with Gasteiger partial charge in [-0.2, -0.15) is 0 Å². The molecule has 0 radical (unpaired) electrons. The van der Waals surface area contributed by atoms with Crippen molar-refractivity contribution in [1.29, 1.82) is 0 Å². The molecule has 0 saturated carbocycles. The number of para-hydroxylation sites is 1. The van der Waals surface area contributed by atoms with Gasteiger partial charge in [-0.15, -0.1) is 0 Å². The third kappa shape index (κ3) is 5.32. The van der Waals surface area contributed by atoms with Crippen molar-refractivity contribution in [3.05, 3.63) is 29.3 Å². The minimum atomic E-state index is -0.161. The van der Waals surface area contributed by atoms with E-state index in [9.17, 15) is 9.59 Å². The van der Waals surface area contributed by atoms with E-state index in [-0.39, 0.29) is 17.9 Å². The quantitative estimate of drug-likeness (QED) is 0.552. The Morgan fingerprint density at radius 3 is 2.48 bits per heavy atom. The Bertz CT molecular complexity index is 635. The number of piperidine rings is 1. The Morgan fingerprint density at radius 1 is 1.15 bits per heavy atom. The van der Waals surface area contributed by atoms with E-state index in [1.165, 1.54) is 0 Å². The summed E-state index contributed by atoms with van der Waals surface area (Å²) in [5.41, 5.74) is 3.09. The van der Waals surface area contributed by atoms with E-state index >= 15 is 0 Å². The summed E-state index contributed by atoms with van der Waals surface area (Å²) in [7, 11) is 0. The molecule has 1 aliphatic heterocycles. The van der Waals surface area contributed by atoms with E-state index in [0.717, 1.165) is 55.6 Å². The van der Waals surface area contributed by atoms with Gasteiger partial charge >= 0.3 is 5.97 Å². The highest BCUT2D eigenvalue weighted by molar-refractivity contribution is 5.95. The van der Waals surface area contributed by atoms with Crippen LogP contribution >= 0.6 is 0 Å². The number of anilines is 1. The predicted molar refractivity (Wildman–Crippen MR) is 109 cm³/mol. The van der Waals surface area contributed by atoms with Crippen LogP contribution in [0, 0.1) is 13.8 Å². The third-order valence-corrected chi connectivity index (χ3v) is 5.76. The number of likely N-dealkylation sites (tertiary alicyclic amines) is 1. The van der Waals surface area contributed by atoms with Gasteiger partial charge in [-0.05, 0) is 51.2 Å². The number of carbonyl (C=O) groups is 2. The molecule has 1 heterocycles. The molecule has 5 heteroatoms. The lowest BCUT2D eigenvalue weighted by molar-refractivity contribution is -0.946. The van der Waals surface area contributed by atoms with Gasteiger partial charge in [-0.25, -0.2) is 0 Å². The average Bonchev–Trinajstić information content (AvgIpc) is 2.64. The Hall–Kier alpha value is -1.88. The highest BCUT2D eigenvalue weighted by Crippen LogP contribution is 2.29. The number of nitrogens with one attached hydrogen (secondary N) is 1. The Labute approximate surface area is 163 Å². The number of hydrogen-bond donors (Lipinski definition) is 1. The van der Waals surface area contributed by atoms with Gasteiger partial charge in [0.25, 0.3) is 5.91 Å². The fourth-order valence-corrected chi connectivity index (χ4v) is 4.43. The molecule has 1 N–H and O–H groups in total. The van der Waals surface area contributed by atoms with Gasteiger partial charge in [-0.3, -0.25) is 9.59 Å². The average molecular weight is 376 g/mol. The number of ether oxygens (including phenoxy) is 1. The number of aryl methyl sites for hydroxylation is 2. The minimum Gasteiger partial charge on any atom is -0.466 e. The maximum atomic E-state index is 13.3. The molecule has 27 heavy (non-hydrogen) atoms. The largest absolute Gasteiger partial charge is 0.466 e. The first kappa shape index (κ1) is 21.4. The van der Waals surface area contributed by atoms with Gasteiger partial charge in [0.15, 0.2) is 6.04 Å². The van der Waals surface area contributed by atoms with E-state index in [1.54, 1.807) is 0 Å². The first-order valence-electron chi connectivity index (χ1n) is 10.3. The lowest BCUT2D eigenvalue weighted by Crippen LogP contribution is -2.63. The Morgan fingerprint density at radius 2 is 1.85 bits per heavy atom. The topological polar surface area (TPSA) is 55.4 Å². The first-order valence-corrected chi connectivity index (χ1v) is 10.3. The summed E-state index contributed by atoms with van der Waals surface area (Å²) in [6, 6.07) is 5.96. The van der Waals surface area contributed by atoms with E-state index in [1.807, 2.05) is 39.0 Å². The molecule has 1 aromatic rings. The molecule has 1 aromatic carbocycles. The van der Waals surface area contributed by atoms with E-state index in [0.29, 0.717) is 24.1 Å². The maximum absolute atomic E-state index is 13.3. The molecular formula is C22H35N2O3+. The van der Waals surface area contributed by atoms with Crippen LogP contribution in [0.5, 0.6) is 0 Å². The number of benzene rings is 1. The summed E-state index contributed by atoms with van der Waals surface area (Å²) >= 11 is 0. The van der Waals surface area contributed by atoms with E-state index < -0.39 is 0 Å². The van der Waals surface area contributed by atoms with Crippen LogP contribution in [0.15, 0.2) is 18.2 Å². The summed E-state index contributed by atoms with van der Waals surface area (Å²) in [5, 5.41) is 3.20. The van der Waals surface area contributed by atoms with Crippen LogP contribution in [-0.4, -0.2) is 48.6 Å². The van der Waals surface area contributed by atoms with Crippen LogP contribution in [0.25, 0.3) is 0 Å². The van der Waals surface area contributed by atoms with Crippen molar-refractivity contribution < 1.29 is 18.8 Å². The zero-order valence-electron chi connectivity index (χ0n) is 17.3. The van der Waals surface area contributed by atoms with Crippen LogP contribution in [0.1, 0.15) is 57.1 Å². The molecule has 0 aromatic heterocycles. The van der Waals surface area contributed by atoms with E-state index in [2.05, 4.69) is 12.2 Å². The lowest BCUT2D eigenvalue weighted by atomic mass is 9.95. The minimum absolute atomic E-state index is 0.0874. The smallest absolute Gasteiger partial charge is 0.311 e. The second kappa shape index (κ2) is 9.88. The van der Waals surface area contributed by atoms with Crippen molar-refractivity contribution in [1.82, 2.24) is 0 Å². The van der Waals surface area contributed by atoms with Crippen LogP contribution < -0.4 is 5.32 Å². The third-order valence-electron chi connectivity index (χ3n) is 5.76. The second-order valence-corrected chi connectivity index (χ2v) is 7.71. The number of carbonyl (C=O) groups excluding carboxylic acids is 2. The van der Waals surface area contributed by atoms with Crippen molar-refractivity contribution in [3.8, 4) is 0 Å². The summed E-state index contributed by atoms with van der Waals surface area (Å²) in [4.78, 5) is 25.2. The van der Waals surface area contributed by atoms with Gasteiger partial charge in [0.05, 0.1) is 32.7 Å². The molecule has 1 saturated heterocycles. The van der Waals surface area contributed by atoms with Crippen molar-refractivity contribution in [2.45, 2.75) is 65.8 Å². The van der Waals surface area contributed by atoms with Crippen molar-refractivity contribution in [2.24, 2.45) is 0 Å². The highest BCUT2D eigenvalue weighted by Gasteiger charge is 2.43. The van der Waals surface area contributed by atoms with Crippen molar-refractivity contribution in [2.75, 3.05) is 31.6 Å². The van der Waals surface area contributed by atoms with Gasteiger partial charge < -0.3 is 14.5 Å². The standard InChI is InChI=1S/C22H34N2O3/c1-5-14-24(16-13-20(25)27-6-2)15-8-7-12-19(24)22(26)23-21-17(3)10-9-11-18(21)4/h9-11,19H,5-8,12-16H2,1-4H3/p+1. The Balaban J connectivity index is 2.21. The molecule has 2 rings (SSSR count). The number of quaternary nitrogens is 1. The second-order valence-electron chi connectivity index (χ2n) is 7.71. The summed E-state index contributed by atoms with van der Waals surface area (Å²) in [6.45, 7) is 11.0. The molecule has 150 valence electrons. The molecule has 2 unspecified atom stereocenters. The van der Waals surface area contributed by atoms with Gasteiger partial charge in [0.2, 0.25) is 0 Å². The van der Waals surface area contributed by atoms with E-state index in [4.69, 9.17) is 4.74 Å². The summed E-state index contributed by atoms with van der Waals surface area (Å²) < 4.78 is 5.83. The highest BCUT2D eigenvalue weighted by atomic mass is 16.5. The molecular weight excluding hydrogens is 340 g/mol. The van der Waals surface area contributed by atoms with Crippen LogP contribution in [0.4, 0.5) is 5.69 Å². The molecule has 5 nitrogen and oxygen atoms in total. The molecule has 0 bridgehead atoms. The van der Waals surface area contributed by atoms with Crippen molar-refractivity contribution >= 4 is 17.6 Å². The molecule has 2 atom stereocenters. The summed E-state index contributed by atoms with van der Waals surface area (Å²) in [5.74, 6) is -0.0741. The first-order chi connectivity index (χ1) is 12.9.